The lowest BCUT2D eigenvalue weighted by atomic mass is 10.1. The molecule has 0 fully saturated rings. The standard InChI is InChI=1S/C35H35N2O7P/c38-33-31-22-12-13-23-32(31)34(39)37(33)24-14-4-7-17-28(36-35(40)42-25-27-15-5-1-6-16-27)26-45(41,43-29-18-8-2-9-19-29)44-30-20-10-3-11-21-30/h1-3,5-6,8-13,15-16,18-23,28H,4,7,14,17,24-26H2,(H,36,40). The number of unbranched alkanes of at least 4 members (excludes halogenated alkanes) is 2. The molecule has 0 saturated carbocycles. The van der Waals surface area contributed by atoms with Gasteiger partial charge in [0.15, 0.2) is 0 Å². The molecule has 1 unspecified atom stereocenters. The molecule has 1 N–H and O–H groups in total. The largest absolute Gasteiger partial charge is 0.445 e. The first-order valence-electron chi connectivity index (χ1n) is 14.9. The maximum Gasteiger partial charge on any atom is 0.432 e. The van der Waals surface area contributed by atoms with Crippen LogP contribution in [0.4, 0.5) is 4.79 Å². The van der Waals surface area contributed by atoms with Crippen LogP contribution in [0.25, 0.3) is 0 Å². The molecule has 232 valence electrons. The van der Waals surface area contributed by atoms with Crippen LogP contribution in [0.5, 0.6) is 11.5 Å². The number of carbonyl (C=O) groups excluding carboxylic acids is 3. The van der Waals surface area contributed by atoms with E-state index in [0.717, 1.165) is 5.56 Å². The molecule has 0 radical (unpaired) electrons. The van der Waals surface area contributed by atoms with Crippen LogP contribution in [-0.4, -0.2) is 41.6 Å². The molecule has 1 aliphatic rings. The molecule has 0 aromatic heterocycles. The van der Waals surface area contributed by atoms with Gasteiger partial charge in [-0.05, 0) is 54.8 Å². The van der Waals surface area contributed by atoms with E-state index in [0.29, 0.717) is 48.3 Å². The second-order valence-corrected chi connectivity index (χ2v) is 12.6. The lowest BCUT2D eigenvalue weighted by Crippen LogP contribution is -2.38. The Hall–Kier alpha value is -4.88. The Morgan fingerprint density at radius 1 is 0.689 bits per heavy atom. The van der Waals surface area contributed by atoms with Crippen LogP contribution in [0, 0.1) is 0 Å². The SMILES string of the molecule is O=C(NC(CCCCCN1C(=O)c2ccccc2C1=O)CP(=O)(Oc1ccccc1)Oc1ccccc1)OCc1ccccc1. The number of alkyl carbamates (subject to hydrolysis) is 1. The summed E-state index contributed by atoms with van der Waals surface area (Å²) in [6.07, 6.45) is 1.52. The van der Waals surface area contributed by atoms with Crippen LogP contribution in [-0.2, 0) is 15.9 Å². The Labute approximate surface area is 262 Å². The number of hydrogen-bond donors (Lipinski definition) is 1. The van der Waals surface area contributed by atoms with E-state index in [9.17, 15) is 18.9 Å². The first-order valence-corrected chi connectivity index (χ1v) is 16.6. The van der Waals surface area contributed by atoms with Crippen LogP contribution >= 0.6 is 7.60 Å². The van der Waals surface area contributed by atoms with E-state index >= 15 is 0 Å². The molecule has 1 atom stereocenters. The second-order valence-electron chi connectivity index (χ2n) is 10.7. The zero-order valence-electron chi connectivity index (χ0n) is 24.7. The first-order chi connectivity index (χ1) is 21.9. The Bertz CT molecular complexity index is 1550. The number of carbonyl (C=O) groups is 3. The van der Waals surface area contributed by atoms with Gasteiger partial charge in [0.05, 0.1) is 17.3 Å². The van der Waals surface area contributed by atoms with E-state index in [2.05, 4.69) is 5.32 Å². The third-order valence-electron chi connectivity index (χ3n) is 7.27. The van der Waals surface area contributed by atoms with Gasteiger partial charge in [-0.1, -0.05) is 91.7 Å². The molecule has 10 heteroatoms. The van der Waals surface area contributed by atoms with Crippen molar-refractivity contribution < 1.29 is 32.7 Å². The van der Waals surface area contributed by atoms with Crippen molar-refractivity contribution >= 4 is 25.5 Å². The fourth-order valence-electron chi connectivity index (χ4n) is 5.07. The Morgan fingerprint density at radius 3 is 1.76 bits per heavy atom. The van der Waals surface area contributed by atoms with Crippen molar-refractivity contribution in [3.63, 3.8) is 0 Å². The molecule has 4 aromatic carbocycles. The monoisotopic (exact) mass is 626 g/mol. The van der Waals surface area contributed by atoms with Crippen molar-refractivity contribution in [2.75, 3.05) is 12.7 Å². The molecule has 5 rings (SSSR count). The van der Waals surface area contributed by atoms with E-state index in [-0.39, 0.29) is 31.1 Å². The summed E-state index contributed by atoms with van der Waals surface area (Å²) in [7, 11) is -3.84. The summed E-state index contributed by atoms with van der Waals surface area (Å²) in [5.41, 5.74) is 1.68. The molecule has 1 heterocycles. The van der Waals surface area contributed by atoms with Crippen molar-refractivity contribution in [1.29, 1.82) is 0 Å². The normalized spacial score (nSPS) is 13.2. The van der Waals surface area contributed by atoms with Crippen molar-refractivity contribution in [3.8, 4) is 11.5 Å². The molecule has 0 spiro atoms. The Kier molecular flexibility index (Phi) is 10.7. The van der Waals surface area contributed by atoms with Gasteiger partial charge in [0, 0.05) is 12.6 Å². The highest BCUT2D eigenvalue weighted by Crippen LogP contribution is 2.49. The average Bonchev–Trinajstić information content (AvgIpc) is 3.29. The zero-order chi connectivity index (χ0) is 31.5. The predicted molar refractivity (Wildman–Crippen MR) is 170 cm³/mol. The number of para-hydroxylation sites is 2. The molecule has 0 saturated heterocycles. The van der Waals surface area contributed by atoms with Gasteiger partial charge >= 0.3 is 13.7 Å². The summed E-state index contributed by atoms with van der Waals surface area (Å²) in [5.74, 6) is 0.188. The average molecular weight is 627 g/mol. The van der Waals surface area contributed by atoms with Gasteiger partial charge in [-0.15, -0.1) is 0 Å². The van der Waals surface area contributed by atoms with Gasteiger partial charge in [0.25, 0.3) is 11.8 Å². The molecule has 45 heavy (non-hydrogen) atoms. The van der Waals surface area contributed by atoms with Gasteiger partial charge in [0.2, 0.25) is 0 Å². The third kappa shape index (κ3) is 8.83. The van der Waals surface area contributed by atoms with Crippen LogP contribution in [0.3, 0.4) is 0 Å². The van der Waals surface area contributed by atoms with Crippen molar-refractivity contribution in [1.82, 2.24) is 10.2 Å². The number of nitrogens with zero attached hydrogens (tertiary/aromatic N) is 1. The summed E-state index contributed by atoms with van der Waals surface area (Å²) in [6, 6.07) is 33.0. The second kappa shape index (κ2) is 15.2. The van der Waals surface area contributed by atoms with Gasteiger partial charge in [-0.2, -0.15) is 0 Å². The summed E-state index contributed by atoms with van der Waals surface area (Å²) in [4.78, 5) is 39.6. The minimum Gasteiger partial charge on any atom is -0.445 e. The fourth-order valence-corrected chi connectivity index (χ4v) is 6.95. The number of imide groups is 1. The topological polar surface area (TPSA) is 111 Å². The quantitative estimate of drug-likeness (QED) is 0.0827. The number of hydrogen-bond acceptors (Lipinski definition) is 7. The molecule has 9 nitrogen and oxygen atoms in total. The highest BCUT2D eigenvalue weighted by atomic mass is 31.2. The van der Waals surface area contributed by atoms with Crippen molar-refractivity contribution in [2.45, 2.75) is 38.3 Å². The summed E-state index contributed by atoms with van der Waals surface area (Å²) in [6.45, 7) is 0.370. The highest BCUT2D eigenvalue weighted by Gasteiger charge is 2.35. The van der Waals surface area contributed by atoms with Crippen LogP contribution in [0.1, 0.15) is 52.0 Å². The number of amides is 3. The van der Waals surface area contributed by atoms with E-state index in [4.69, 9.17) is 13.8 Å². The van der Waals surface area contributed by atoms with E-state index in [1.165, 1.54) is 4.90 Å². The number of benzene rings is 4. The molecule has 1 aliphatic heterocycles. The summed E-state index contributed by atoms with van der Waals surface area (Å²) < 4.78 is 31.6. The van der Waals surface area contributed by atoms with Gasteiger partial charge in [-0.25, -0.2) is 9.36 Å². The Morgan fingerprint density at radius 2 is 1.20 bits per heavy atom. The van der Waals surface area contributed by atoms with Gasteiger partial charge < -0.3 is 19.1 Å². The summed E-state index contributed by atoms with van der Waals surface area (Å²) >= 11 is 0. The van der Waals surface area contributed by atoms with Crippen LogP contribution < -0.4 is 14.4 Å². The lowest BCUT2D eigenvalue weighted by Gasteiger charge is -2.25. The smallest absolute Gasteiger partial charge is 0.432 e. The number of fused-ring (bicyclic) bond motifs is 1. The number of nitrogens with one attached hydrogen (secondary N) is 1. The zero-order valence-corrected chi connectivity index (χ0v) is 25.6. The molecule has 3 amide bonds. The number of rotatable bonds is 15. The Balaban J connectivity index is 1.23. The predicted octanol–water partition coefficient (Wildman–Crippen LogP) is 7.49. The molecular weight excluding hydrogens is 591 g/mol. The summed E-state index contributed by atoms with van der Waals surface area (Å²) in [5, 5.41) is 2.86. The first kappa shape index (κ1) is 31.5. The van der Waals surface area contributed by atoms with Crippen LogP contribution in [0.2, 0.25) is 0 Å². The molecule has 4 aromatic rings. The van der Waals surface area contributed by atoms with Gasteiger partial charge in [0.1, 0.15) is 18.1 Å². The minimum absolute atomic E-state index is 0.0817. The highest BCUT2D eigenvalue weighted by molar-refractivity contribution is 7.54. The van der Waals surface area contributed by atoms with Crippen molar-refractivity contribution in [3.05, 3.63) is 132 Å². The van der Waals surface area contributed by atoms with E-state index in [1.807, 2.05) is 42.5 Å². The van der Waals surface area contributed by atoms with E-state index in [1.54, 1.807) is 72.8 Å². The maximum absolute atomic E-state index is 14.2. The van der Waals surface area contributed by atoms with Crippen LogP contribution in [0.15, 0.2) is 115 Å². The van der Waals surface area contributed by atoms with E-state index < -0.39 is 19.7 Å². The third-order valence-corrected chi connectivity index (χ3v) is 9.13. The molecule has 0 aliphatic carbocycles. The van der Waals surface area contributed by atoms with Crippen molar-refractivity contribution in [2.24, 2.45) is 0 Å². The van der Waals surface area contributed by atoms with Gasteiger partial charge in [-0.3, -0.25) is 14.5 Å². The number of ether oxygens (including phenoxy) is 1. The molecular formula is C35H35N2O7P. The maximum atomic E-state index is 14.2. The molecule has 0 bridgehead atoms. The fraction of sp³-hybridized carbons (Fsp3) is 0.229. The minimum atomic E-state index is -3.84. The lowest BCUT2D eigenvalue weighted by molar-refractivity contribution is 0.0651.